The first-order valence-corrected chi connectivity index (χ1v) is 9.65. The highest BCUT2D eigenvalue weighted by Crippen LogP contribution is 2.29. The quantitative estimate of drug-likeness (QED) is 0.763. The van der Waals surface area contributed by atoms with Crippen LogP contribution in [0.25, 0.3) is 10.4 Å². The first-order valence-electron chi connectivity index (χ1n) is 7.62. The summed E-state index contributed by atoms with van der Waals surface area (Å²) in [5.74, 6) is 0. The molecule has 1 unspecified atom stereocenters. The smallest absolute Gasteiger partial charge is 0.0976 e. The van der Waals surface area contributed by atoms with E-state index in [0.717, 1.165) is 17.7 Å². The molecule has 1 aromatic carbocycles. The number of nitrogens with one attached hydrogen (secondary N) is 1. The summed E-state index contributed by atoms with van der Waals surface area (Å²) < 4.78 is 15.3. The van der Waals surface area contributed by atoms with Gasteiger partial charge in [-0.1, -0.05) is 30.3 Å². The molecular formula is C18H24N2OS2. The molecule has 2 aromatic rings. The highest BCUT2D eigenvalue weighted by Gasteiger charge is 2.23. The second kappa shape index (κ2) is 7.51. The highest BCUT2D eigenvalue weighted by molar-refractivity contribution is 7.84. The molecule has 0 saturated heterocycles. The summed E-state index contributed by atoms with van der Waals surface area (Å²) in [6.45, 7) is 11.7. The van der Waals surface area contributed by atoms with Crippen molar-refractivity contribution < 1.29 is 4.21 Å². The lowest BCUT2D eigenvalue weighted by molar-refractivity contribution is 0.602. The van der Waals surface area contributed by atoms with E-state index in [1.807, 2.05) is 39.3 Å². The van der Waals surface area contributed by atoms with Crippen molar-refractivity contribution in [1.29, 1.82) is 0 Å². The predicted molar refractivity (Wildman–Crippen MR) is 101 cm³/mol. The lowest BCUT2D eigenvalue weighted by Crippen LogP contribution is -2.35. The molecule has 1 heterocycles. The Hall–Kier alpha value is -1.30. The fraction of sp³-hybridized carbons (Fsp3) is 0.389. The summed E-state index contributed by atoms with van der Waals surface area (Å²) >= 11 is 1.65. The van der Waals surface area contributed by atoms with Crippen molar-refractivity contribution in [2.45, 2.75) is 44.9 Å². The third-order valence-electron chi connectivity index (χ3n) is 3.53. The van der Waals surface area contributed by atoms with Gasteiger partial charge >= 0.3 is 0 Å². The van der Waals surface area contributed by atoms with Crippen LogP contribution in [0.4, 0.5) is 0 Å². The topological polar surface area (TPSA) is 42.0 Å². The van der Waals surface area contributed by atoms with Gasteiger partial charge in [-0.25, -0.2) is 13.9 Å². The molecule has 0 fully saturated rings. The lowest BCUT2D eigenvalue weighted by atomic mass is 10.0. The van der Waals surface area contributed by atoms with Gasteiger partial charge in [0.1, 0.15) is 0 Å². The number of rotatable bonds is 6. The summed E-state index contributed by atoms with van der Waals surface area (Å²) in [6, 6.07) is 8.40. The van der Waals surface area contributed by atoms with Crippen molar-refractivity contribution in [3.63, 3.8) is 0 Å². The number of hydrogen-bond acceptors (Lipinski definition) is 3. The molecule has 0 aliphatic rings. The molecule has 23 heavy (non-hydrogen) atoms. The highest BCUT2D eigenvalue weighted by atomic mass is 32.2. The maximum absolute atomic E-state index is 12.4. The van der Waals surface area contributed by atoms with Crippen LogP contribution in [-0.2, 0) is 11.0 Å². The first-order chi connectivity index (χ1) is 10.8. The van der Waals surface area contributed by atoms with Crippen molar-refractivity contribution in [3.05, 3.63) is 53.7 Å². The monoisotopic (exact) mass is 348 g/mol. The molecule has 0 spiro atoms. The number of hydrogen-bond donors (Lipinski definition) is 1. The molecule has 0 radical (unpaired) electrons. The van der Waals surface area contributed by atoms with Gasteiger partial charge < -0.3 is 0 Å². The number of aryl methyl sites for hydroxylation is 1. The Morgan fingerprint density at radius 2 is 2.00 bits per heavy atom. The lowest BCUT2D eigenvalue weighted by Gasteiger charge is -2.24. The van der Waals surface area contributed by atoms with Crippen molar-refractivity contribution >= 4 is 22.3 Å². The minimum absolute atomic E-state index is 0.00386. The van der Waals surface area contributed by atoms with Crippen LogP contribution in [0.15, 0.2) is 42.4 Å². The van der Waals surface area contributed by atoms with Crippen LogP contribution in [0.5, 0.6) is 0 Å². The van der Waals surface area contributed by atoms with Gasteiger partial charge in [0.05, 0.1) is 31.8 Å². The zero-order chi connectivity index (χ0) is 17.0. The van der Waals surface area contributed by atoms with Crippen LogP contribution in [-0.4, -0.2) is 13.9 Å². The fourth-order valence-electron chi connectivity index (χ4n) is 2.17. The number of thiazole rings is 1. The molecule has 3 nitrogen and oxygen atoms in total. The van der Waals surface area contributed by atoms with E-state index in [1.54, 1.807) is 11.3 Å². The molecule has 2 rings (SSSR count). The van der Waals surface area contributed by atoms with Gasteiger partial charge in [0, 0.05) is 6.04 Å². The number of benzene rings is 1. The second-order valence-corrected chi connectivity index (χ2v) is 9.32. The van der Waals surface area contributed by atoms with E-state index in [9.17, 15) is 4.21 Å². The third kappa shape index (κ3) is 4.59. The summed E-state index contributed by atoms with van der Waals surface area (Å²) in [4.78, 5) is 5.50. The Kier molecular flexibility index (Phi) is 5.89. The molecule has 124 valence electrons. The van der Waals surface area contributed by atoms with E-state index in [-0.39, 0.29) is 10.8 Å². The normalized spacial score (nSPS) is 14.4. The molecule has 1 aromatic heterocycles. The summed E-state index contributed by atoms with van der Waals surface area (Å²) in [7, 11) is -1.11. The van der Waals surface area contributed by atoms with E-state index >= 15 is 0 Å². The average Bonchev–Trinajstić information content (AvgIpc) is 2.92. The van der Waals surface area contributed by atoms with E-state index in [0.29, 0.717) is 0 Å². The van der Waals surface area contributed by atoms with Gasteiger partial charge in [-0.3, -0.25) is 0 Å². The molecular weight excluding hydrogens is 324 g/mol. The Morgan fingerprint density at radius 1 is 1.35 bits per heavy atom. The van der Waals surface area contributed by atoms with Crippen LogP contribution >= 0.6 is 11.3 Å². The Labute approximate surface area is 145 Å². The average molecular weight is 349 g/mol. The zero-order valence-electron chi connectivity index (χ0n) is 14.1. The van der Waals surface area contributed by atoms with Crippen molar-refractivity contribution in [2.75, 3.05) is 0 Å². The van der Waals surface area contributed by atoms with Gasteiger partial charge in [-0.15, -0.1) is 17.9 Å². The Bertz CT molecular complexity index is 684. The van der Waals surface area contributed by atoms with E-state index in [1.165, 1.54) is 10.4 Å². The summed E-state index contributed by atoms with van der Waals surface area (Å²) in [5, 5.41) is 0. The number of aromatic nitrogens is 1. The molecule has 0 aliphatic heterocycles. The Balaban J connectivity index is 2.22. The molecule has 0 saturated carbocycles. The van der Waals surface area contributed by atoms with Crippen LogP contribution in [0.3, 0.4) is 0 Å². The Morgan fingerprint density at radius 3 is 2.48 bits per heavy atom. The maximum Gasteiger partial charge on any atom is 0.0976 e. The largest absolute Gasteiger partial charge is 0.249 e. The zero-order valence-corrected chi connectivity index (χ0v) is 15.8. The van der Waals surface area contributed by atoms with Crippen LogP contribution in [0.2, 0.25) is 0 Å². The van der Waals surface area contributed by atoms with Gasteiger partial charge in [0.25, 0.3) is 0 Å². The molecule has 1 N–H and O–H groups in total. The van der Waals surface area contributed by atoms with Crippen LogP contribution in [0.1, 0.15) is 44.5 Å². The standard InChI is InChI=1S/C18H24N2OS2/c1-6-7-16(20-23(21)18(3,4)5)14-8-10-15(11-9-14)17-13(2)19-12-22-17/h6,8-12,16,20H,1,7H2,2-5H3/t16-,23?/m0/s1. The predicted octanol–water partition coefficient (Wildman–Crippen LogP) is 4.79. The van der Waals surface area contributed by atoms with Gasteiger partial charge in [-0.05, 0) is 45.2 Å². The SMILES string of the molecule is C=CC[C@H](NS(=O)C(C)(C)C)c1ccc(-c2scnc2C)cc1. The van der Waals surface area contributed by atoms with E-state index < -0.39 is 11.0 Å². The van der Waals surface area contributed by atoms with Gasteiger partial charge in [0.15, 0.2) is 0 Å². The molecule has 0 aliphatic carbocycles. The van der Waals surface area contributed by atoms with Gasteiger partial charge in [0.2, 0.25) is 0 Å². The maximum atomic E-state index is 12.4. The second-order valence-electron chi connectivity index (χ2n) is 6.46. The molecule has 2 atom stereocenters. The minimum Gasteiger partial charge on any atom is -0.249 e. The van der Waals surface area contributed by atoms with Crippen molar-refractivity contribution in [3.8, 4) is 10.4 Å². The minimum atomic E-state index is -1.11. The first kappa shape index (κ1) is 18.0. The van der Waals surface area contributed by atoms with Crippen molar-refractivity contribution in [1.82, 2.24) is 9.71 Å². The molecule has 0 bridgehead atoms. The third-order valence-corrected chi connectivity index (χ3v) is 6.12. The van der Waals surface area contributed by atoms with Crippen molar-refractivity contribution in [2.24, 2.45) is 0 Å². The van der Waals surface area contributed by atoms with Crippen LogP contribution in [0, 0.1) is 6.92 Å². The van der Waals surface area contributed by atoms with Crippen LogP contribution < -0.4 is 4.72 Å². The molecule has 0 amide bonds. The fourth-order valence-corrected chi connectivity index (χ4v) is 3.83. The van der Waals surface area contributed by atoms with E-state index in [4.69, 9.17) is 0 Å². The van der Waals surface area contributed by atoms with Gasteiger partial charge in [-0.2, -0.15) is 0 Å². The van der Waals surface area contributed by atoms with E-state index in [2.05, 4.69) is 40.6 Å². The molecule has 5 heteroatoms. The number of nitrogens with zero attached hydrogens (tertiary/aromatic N) is 1. The summed E-state index contributed by atoms with van der Waals surface area (Å²) in [5.41, 5.74) is 5.21. The summed E-state index contributed by atoms with van der Waals surface area (Å²) in [6.07, 6.45) is 2.60.